The lowest BCUT2D eigenvalue weighted by atomic mass is 9.67. The number of anilines is 1. The standard InChI is InChI=1S/C37H47FN8O2/c1-24(2)33(26-13-28(14-26)44-10-7-36(8-11-44)20-47-21-36)46-18-37(19-46)9-12-45(17-37)34-35(43-42-23-41-34)48-31-6-5-27(38)15-29(31)30-16-39-22-40-32(30)25-3-4-25/h5-6,15-16,22-26,28,33H,3-4,7-14,17-21H2,1-2H3/t26?,28?,33-/m1/s1. The van der Waals surface area contributed by atoms with Crippen LogP contribution in [0.4, 0.5) is 10.2 Å². The van der Waals surface area contributed by atoms with Crippen LogP contribution in [0.1, 0.15) is 70.4 Å². The zero-order valence-corrected chi connectivity index (χ0v) is 28.2. The van der Waals surface area contributed by atoms with Gasteiger partial charge in [0.25, 0.3) is 5.88 Å². The molecule has 0 radical (unpaired) electrons. The Hall–Kier alpha value is -3.28. The van der Waals surface area contributed by atoms with Crippen LogP contribution in [0.5, 0.6) is 11.6 Å². The fourth-order valence-corrected chi connectivity index (χ4v) is 9.59. The molecule has 1 aromatic carbocycles. The Kier molecular flexibility index (Phi) is 7.66. The van der Waals surface area contributed by atoms with E-state index < -0.39 is 0 Å². The third-order valence-electron chi connectivity index (χ3n) is 12.5. The second-order valence-electron chi connectivity index (χ2n) is 16.2. The van der Waals surface area contributed by atoms with Crippen molar-refractivity contribution in [3.05, 3.63) is 48.6 Å². The summed E-state index contributed by atoms with van der Waals surface area (Å²) in [5.74, 6) is 3.02. The summed E-state index contributed by atoms with van der Waals surface area (Å²) >= 11 is 0. The maximum atomic E-state index is 14.6. The van der Waals surface area contributed by atoms with E-state index in [2.05, 4.69) is 53.7 Å². The Labute approximate surface area is 282 Å². The number of halogens is 1. The van der Waals surface area contributed by atoms with Crippen LogP contribution in [0.3, 0.4) is 0 Å². The summed E-state index contributed by atoms with van der Waals surface area (Å²) in [5.41, 5.74) is 3.13. The Bertz CT molecular complexity index is 1640. The normalized spacial score (nSPS) is 27.1. The molecule has 4 saturated heterocycles. The monoisotopic (exact) mass is 654 g/mol. The van der Waals surface area contributed by atoms with Crippen molar-refractivity contribution in [1.29, 1.82) is 0 Å². The molecular formula is C37H47FN8O2. The van der Waals surface area contributed by atoms with Gasteiger partial charge in [-0.3, -0.25) is 4.90 Å². The lowest BCUT2D eigenvalue weighted by molar-refractivity contribution is -0.149. The van der Waals surface area contributed by atoms with Crippen molar-refractivity contribution in [1.82, 2.24) is 34.9 Å². The van der Waals surface area contributed by atoms with Crippen molar-refractivity contribution in [2.24, 2.45) is 22.7 Å². The molecule has 0 amide bonds. The van der Waals surface area contributed by atoms with Crippen LogP contribution in [-0.2, 0) is 4.74 Å². The Morgan fingerprint density at radius 2 is 1.73 bits per heavy atom. The molecule has 9 rings (SSSR count). The fourth-order valence-electron chi connectivity index (χ4n) is 9.59. The third kappa shape index (κ3) is 5.55. The molecule has 3 aromatic rings. The zero-order chi connectivity index (χ0) is 32.5. The summed E-state index contributed by atoms with van der Waals surface area (Å²) in [6.07, 6.45) is 13.4. The molecule has 2 aromatic heterocycles. The molecule has 2 aliphatic carbocycles. The first-order valence-corrected chi connectivity index (χ1v) is 18.1. The summed E-state index contributed by atoms with van der Waals surface area (Å²) < 4.78 is 26.6. The first-order valence-electron chi connectivity index (χ1n) is 18.1. The van der Waals surface area contributed by atoms with Gasteiger partial charge in [-0.1, -0.05) is 13.8 Å². The summed E-state index contributed by atoms with van der Waals surface area (Å²) in [6.45, 7) is 13.4. The van der Waals surface area contributed by atoms with Crippen LogP contribution in [0.15, 0.2) is 37.1 Å². The predicted molar refractivity (Wildman–Crippen MR) is 179 cm³/mol. The molecule has 2 spiro atoms. The Morgan fingerprint density at radius 3 is 2.46 bits per heavy atom. The van der Waals surface area contributed by atoms with Crippen LogP contribution in [0.2, 0.25) is 0 Å². The van der Waals surface area contributed by atoms with E-state index >= 15 is 0 Å². The average Bonchev–Trinajstić information content (AvgIpc) is 3.80. The summed E-state index contributed by atoms with van der Waals surface area (Å²) in [6, 6.07) is 5.99. The van der Waals surface area contributed by atoms with E-state index in [1.54, 1.807) is 18.6 Å². The van der Waals surface area contributed by atoms with E-state index in [9.17, 15) is 4.39 Å². The number of ether oxygens (including phenoxy) is 2. The lowest BCUT2D eigenvalue weighted by Crippen LogP contribution is -2.65. The van der Waals surface area contributed by atoms with Crippen molar-refractivity contribution >= 4 is 5.82 Å². The molecular weight excluding hydrogens is 607 g/mol. The molecule has 2 saturated carbocycles. The van der Waals surface area contributed by atoms with Gasteiger partial charge < -0.3 is 19.3 Å². The number of piperidine rings is 1. The first-order chi connectivity index (χ1) is 23.4. The highest BCUT2D eigenvalue weighted by molar-refractivity contribution is 5.73. The van der Waals surface area contributed by atoms with Crippen molar-refractivity contribution < 1.29 is 13.9 Å². The van der Waals surface area contributed by atoms with Gasteiger partial charge in [0.1, 0.15) is 24.2 Å². The molecule has 0 N–H and O–H groups in total. The minimum atomic E-state index is -0.336. The van der Waals surface area contributed by atoms with Gasteiger partial charge >= 0.3 is 0 Å². The van der Waals surface area contributed by atoms with Crippen molar-refractivity contribution in [2.45, 2.75) is 76.8 Å². The SMILES string of the molecule is CC(C)[C@H](C1CC(N2CCC3(CC2)COC3)C1)N1CC2(CCN(c3ncnnc3Oc3ccc(F)cc3-c3cncnc3C3CC3)C2)C1. The topological polar surface area (TPSA) is 92.6 Å². The van der Waals surface area contributed by atoms with Crippen LogP contribution < -0.4 is 9.64 Å². The zero-order valence-electron chi connectivity index (χ0n) is 28.2. The smallest absolute Gasteiger partial charge is 0.282 e. The molecule has 48 heavy (non-hydrogen) atoms. The van der Waals surface area contributed by atoms with Crippen molar-refractivity contribution in [3.63, 3.8) is 0 Å². The van der Waals surface area contributed by atoms with E-state index in [1.165, 1.54) is 57.2 Å². The summed E-state index contributed by atoms with van der Waals surface area (Å²) in [7, 11) is 0. The number of hydrogen-bond donors (Lipinski definition) is 0. The fraction of sp³-hybridized carbons (Fsp3) is 0.649. The number of rotatable bonds is 9. The van der Waals surface area contributed by atoms with Crippen molar-refractivity contribution in [3.8, 4) is 22.8 Å². The van der Waals surface area contributed by atoms with Crippen LogP contribution in [0, 0.1) is 28.5 Å². The van der Waals surface area contributed by atoms with Gasteiger partial charge in [0.05, 0.1) is 18.9 Å². The van der Waals surface area contributed by atoms with E-state index in [0.29, 0.717) is 46.3 Å². The minimum absolute atomic E-state index is 0.256. The van der Waals surface area contributed by atoms with E-state index in [1.807, 2.05) is 0 Å². The second-order valence-corrected chi connectivity index (χ2v) is 16.2. The maximum absolute atomic E-state index is 14.6. The predicted octanol–water partition coefficient (Wildman–Crippen LogP) is 5.57. The number of benzene rings is 1. The largest absolute Gasteiger partial charge is 0.434 e. The molecule has 0 unspecified atom stereocenters. The van der Waals surface area contributed by atoms with E-state index in [0.717, 1.165) is 81.9 Å². The number of nitrogens with zero attached hydrogens (tertiary/aromatic N) is 8. The molecule has 0 bridgehead atoms. The Morgan fingerprint density at radius 1 is 0.938 bits per heavy atom. The van der Waals surface area contributed by atoms with Gasteiger partial charge in [-0.2, -0.15) is 0 Å². The molecule has 6 heterocycles. The third-order valence-corrected chi connectivity index (χ3v) is 12.5. The van der Waals surface area contributed by atoms with Gasteiger partial charge in [0.2, 0.25) is 0 Å². The van der Waals surface area contributed by atoms with Crippen molar-refractivity contribution in [2.75, 3.05) is 57.4 Å². The highest BCUT2D eigenvalue weighted by Gasteiger charge is 2.53. The maximum Gasteiger partial charge on any atom is 0.282 e. The van der Waals surface area contributed by atoms with E-state index in [-0.39, 0.29) is 11.2 Å². The summed E-state index contributed by atoms with van der Waals surface area (Å²) in [5, 5.41) is 8.46. The first kappa shape index (κ1) is 30.8. The molecule has 6 aliphatic rings. The molecule has 10 nitrogen and oxygen atoms in total. The quantitative estimate of drug-likeness (QED) is 0.292. The highest BCUT2D eigenvalue weighted by Crippen LogP contribution is 2.50. The van der Waals surface area contributed by atoms with Gasteiger partial charge in [0, 0.05) is 72.3 Å². The second kappa shape index (κ2) is 11.9. The number of hydrogen-bond acceptors (Lipinski definition) is 10. The van der Waals surface area contributed by atoms with E-state index in [4.69, 9.17) is 9.47 Å². The molecule has 11 heteroatoms. The molecule has 254 valence electrons. The molecule has 6 fully saturated rings. The average molecular weight is 655 g/mol. The van der Waals surface area contributed by atoms with Gasteiger partial charge in [0.15, 0.2) is 5.82 Å². The van der Waals surface area contributed by atoms with Gasteiger partial charge in [-0.05, 0) is 88.1 Å². The van der Waals surface area contributed by atoms with Gasteiger partial charge in [-0.15, -0.1) is 10.2 Å². The summed E-state index contributed by atoms with van der Waals surface area (Å²) in [4.78, 5) is 21.3. The van der Waals surface area contributed by atoms with Gasteiger partial charge in [-0.25, -0.2) is 19.3 Å². The van der Waals surface area contributed by atoms with Crippen LogP contribution >= 0.6 is 0 Å². The molecule has 1 atom stereocenters. The Balaban J connectivity index is 0.856. The molecule has 4 aliphatic heterocycles. The number of likely N-dealkylation sites (tertiary alicyclic amines) is 2. The number of aromatic nitrogens is 5. The highest BCUT2D eigenvalue weighted by atomic mass is 19.1. The van der Waals surface area contributed by atoms with Crippen LogP contribution in [-0.4, -0.2) is 99.5 Å². The minimum Gasteiger partial charge on any atom is -0.434 e. The lowest BCUT2D eigenvalue weighted by Gasteiger charge is -2.58. The van der Waals surface area contributed by atoms with Crippen LogP contribution in [0.25, 0.3) is 11.1 Å².